The number of halogens is 2. The minimum Gasteiger partial charge on any atom is -0.440 e. The van der Waals surface area contributed by atoms with Gasteiger partial charge in [-0.3, -0.25) is 0 Å². The van der Waals surface area contributed by atoms with Gasteiger partial charge in [-0.15, -0.1) is 0 Å². The lowest BCUT2D eigenvalue weighted by molar-refractivity contribution is 0.0736. The monoisotopic (exact) mass is 454 g/mol. The highest BCUT2D eigenvalue weighted by Gasteiger charge is 2.33. The van der Waals surface area contributed by atoms with Crippen LogP contribution in [0, 0.1) is 23.0 Å². The van der Waals surface area contributed by atoms with Crippen molar-refractivity contribution in [2.75, 3.05) is 0 Å². The Hall–Kier alpha value is -4.70. The molecule has 0 radical (unpaired) electrons. The van der Waals surface area contributed by atoms with Crippen molar-refractivity contribution in [3.63, 3.8) is 0 Å². The normalized spacial score (nSPS) is 14.8. The largest absolute Gasteiger partial charge is 0.440 e. The van der Waals surface area contributed by atoms with Crippen molar-refractivity contribution < 1.29 is 23.0 Å². The summed E-state index contributed by atoms with van der Waals surface area (Å²) in [6, 6.07) is 22.4. The summed E-state index contributed by atoms with van der Waals surface area (Å²) in [5, 5.41) is 11.3. The van der Waals surface area contributed by atoms with E-state index in [2.05, 4.69) is 0 Å². The molecule has 7 heteroatoms. The minimum atomic E-state index is -0.905. The standard InChI is InChI=1S/C27H16F2N2O3/c28-16-8-10-20(23(29)12-16)25-21-11-9-17(13-24(21)34-26(31)22(25)14-30)33-27(32)19-7-3-5-15-4-1-2-6-18(15)19/h1-13,25H,31H2/t25-/m0/s1. The van der Waals surface area contributed by atoms with E-state index in [9.17, 15) is 18.8 Å². The number of benzene rings is 4. The highest BCUT2D eigenvalue weighted by Crippen LogP contribution is 2.44. The number of fused-ring (bicyclic) bond motifs is 2. The molecule has 5 rings (SSSR count). The van der Waals surface area contributed by atoms with Gasteiger partial charge in [-0.2, -0.15) is 5.26 Å². The van der Waals surface area contributed by atoms with Crippen LogP contribution in [0.15, 0.2) is 90.3 Å². The first-order chi connectivity index (χ1) is 16.5. The van der Waals surface area contributed by atoms with Crippen LogP contribution in [0.4, 0.5) is 8.78 Å². The zero-order chi connectivity index (χ0) is 23.8. The number of hydrogen-bond acceptors (Lipinski definition) is 5. The molecule has 0 amide bonds. The number of nitrogens with zero attached hydrogens (tertiary/aromatic N) is 1. The molecule has 0 spiro atoms. The molecule has 1 atom stereocenters. The van der Waals surface area contributed by atoms with Gasteiger partial charge in [0.1, 0.15) is 34.8 Å². The fraction of sp³-hybridized carbons (Fsp3) is 0.0370. The predicted molar refractivity (Wildman–Crippen MR) is 121 cm³/mol. The van der Waals surface area contributed by atoms with Gasteiger partial charge in [-0.1, -0.05) is 48.5 Å². The maximum absolute atomic E-state index is 14.6. The number of carbonyl (C=O) groups excluding carboxylic acids is 1. The highest BCUT2D eigenvalue weighted by molar-refractivity contribution is 6.05. The molecule has 4 aromatic rings. The summed E-state index contributed by atoms with van der Waals surface area (Å²) in [7, 11) is 0. The number of esters is 1. The van der Waals surface area contributed by atoms with Gasteiger partial charge in [-0.25, -0.2) is 13.6 Å². The number of allylic oxidation sites excluding steroid dienone is 1. The minimum absolute atomic E-state index is 0.00138. The Kier molecular flexibility index (Phi) is 5.19. The van der Waals surface area contributed by atoms with Crippen molar-refractivity contribution in [3.8, 4) is 17.6 Å². The number of rotatable bonds is 3. The Morgan fingerprint density at radius 3 is 2.53 bits per heavy atom. The van der Waals surface area contributed by atoms with Crippen molar-refractivity contribution in [2.45, 2.75) is 5.92 Å². The molecular weight excluding hydrogens is 438 g/mol. The zero-order valence-corrected chi connectivity index (χ0v) is 17.6. The van der Waals surface area contributed by atoms with Crippen LogP contribution in [-0.2, 0) is 0 Å². The van der Waals surface area contributed by atoms with Crippen molar-refractivity contribution in [3.05, 3.63) is 119 Å². The molecule has 166 valence electrons. The van der Waals surface area contributed by atoms with Crippen LogP contribution in [0.3, 0.4) is 0 Å². The second-order valence-corrected chi connectivity index (χ2v) is 7.71. The molecule has 0 unspecified atom stereocenters. The van der Waals surface area contributed by atoms with Crippen LogP contribution < -0.4 is 15.2 Å². The smallest absolute Gasteiger partial charge is 0.344 e. The molecule has 0 bridgehead atoms. The predicted octanol–water partition coefficient (Wildman–Crippen LogP) is 5.56. The first-order valence-corrected chi connectivity index (χ1v) is 10.3. The van der Waals surface area contributed by atoms with Crippen molar-refractivity contribution >= 4 is 16.7 Å². The Morgan fingerprint density at radius 1 is 0.971 bits per heavy atom. The molecular formula is C27H16F2N2O3. The van der Waals surface area contributed by atoms with Crippen molar-refractivity contribution in [2.24, 2.45) is 5.73 Å². The highest BCUT2D eigenvalue weighted by atomic mass is 19.1. The van der Waals surface area contributed by atoms with Crippen LogP contribution in [0.5, 0.6) is 11.5 Å². The maximum Gasteiger partial charge on any atom is 0.344 e. The van der Waals surface area contributed by atoms with E-state index in [1.807, 2.05) is 36.4 Å². The molecule has 34 heavy (non-hydrogen) atoms. The van der Waals surface area contributed by atoms with E-state index in [0.717, 1.165) is 22.9 Å². The molecule has 0 saturated heterocycles. The fourth-order valence-electron chi connectivity index (χ4n) is 4.12. The summed E-state index contributed by atoms with van der Waals surface area (Å²) in [6.07, 6.45) is 0. The van der Waals surface area contributed by atoms with Crippen LogP contribution in [0.25, 0.3) is 10.8 Å². The summed E-state index contributed by atoms with van der Waals surface area (Å²) >= 11 is 0. The SMILES string of the molecule is N#CC1=C(N)Oc2cc(OC(=O)c3cccc4ccccc34)ccc2[C@@H]1c1ccc(F)cc1F. The molecule has 2 N–H and O–H groups in total. The molecule has 1 heterocycles. The average molecular weight is 454 g/mol. The second kappa shape index (κ2) is 8.34. The first-order valence-electron chi connectivity index (χ1n) is 10.3. The third kappa shape index (κ3) is 3.61. The quantitative estimate of drug-likeness (QED) is 0.324. The molecule has 0 aliphatic carbocycles. The van der Waals surface area contributed by atoms with E-state index < -0.39 is 23.5 Å². The molecule has 0 saturated carbocycles. The number of ether oxygens (including phenoxy) is 2. The molecule has 4 aromatic carbocycles. The summed E-state index contributed by atoms with van der Waals surface area (Å²) in [6.45, 7) is 0. The number of nitriles is 1. The lowest BCUT2D eigenvalue weighted by Gasteiger charge is -2.27. The second-order valence-electron chi connectivity index (χ2n) is 7.71. The first kappa shape index (κ1) is 21.2. The lowest BCUT2D eigenvalue weighted by Crippen LogP contribution is -2.22. The maximum atomic E-state index is 14.6. The van der Waals surface area contributed by atoms with E-state index >= 15 is 0 Å². The lowest BCUT2D eigenvalue weighted by atomic mass is 9.83. The summed E-state index contributed by atoms with van der Waals surface area (Å²) in [5.74, 6) is -2.84. The molecule has 0 aromatic heterocycles. The molecule has 1 aliphatic heterocycles. The third-order valence-electron chi connectivity index (χ3n) is 5.68. The summed E-state index contributed by atoms with van der Waals surface area (Å²) in [4.78, 5) is 12.9. The van der Waals surface area contributed by atoms with E-state index in [1.165, 1.54) is 18.2 Å². The van der Waals surface area contributed by atoms with Crippen LogP contribution in [0.2, 0.25) is 0 Å². The number of hydrogen-bond donors (Lipinski definition) is 1. The van der Waals surface area contributed by atoms with Crippen LogP contribution in [-0.4, -0.2) is 5.97 Å². The Labute approximate surface area is 193 Å². The molecule has 5 nitrogen and oxygen atoms in total. The van der Waals surface area contributed by atoms with Gasteiger partial charge in [0.25, 0.3) is 0 Å². The van der Waals surface area contributed by atoms with Gasteiger partial charge in [0, 0.05) is 23.3 Å². The Balaban J connectivity index is 1.52. The average Bonchev–Trinajstić information content (AvgIpc) is 2.83. The zero-order valence-electron chi connectivity index (χ0n) is 17.6. The number of carbonyl (C=O) groups is 1. The van der Waals surface area contributed by atoms with E-state index in [1.54, 1.807) is 18.2 Å². The van der Waals surface area contributed by atoms with Gasteiger partial charge in [0.2, 0.25) is 5.88 Å². The summed E-state index contributed by atoms with van der Waals surface area (Å²) in [5.41, 5.74) is 6.85. The van der Waals surface area contributed by atoms with Crippen molar-refractivity contribution in [1.29, 1.82) is 5.26 Å². The molecule has 0 fully saturated rings. The van der Waals surface area contributed by atoms with Gasteiger partial charge in [0.15, 0.2) is 0 Å². The van der Waals surface area contributed by atoms with Crippen molar-refractivity contribution in [1.82, 2.24) is 0 Å². The molecule has 1 aliphatic rings. The van der Waals surface area contributed by atoms with Gasteiger partial charge in [-0.05, 0) is 29.0 Å². The topological polar surface area (TPSA) is 85.3 Å². The fourth-order valence-corrected chi connectivity index (χ4v) is 4.12. The van der Waals surface area contributed by atoms with Crippen LogP contribution in [0.1, 0.15) is 27.4 Å². The van der Waals surface area contributed by atoms with Crippen LogP contribution >= 0.6 is 0 Å². The Bertz CT molecular complexity index is 1530. The van der Waals surface area contributed by atoms with E-state index in [-0.39, 0.29) is 28.5 Å². The number of nitrogens with two attached hydrogens (primary N) is 1. The third-order valence-corrected chi connectivity index (χ3v) is 5.68. The Morgan fingerprint density at radius 2 is 1.74 bits per heavy atom. The van der Waals surface area contributed by atoms with Gasteiger partial charge >= 0.3 is 5.97 Å². The van der Waals surface area contributed by atoms with Gasteiger partial charge < -0.3 is 15.2 Å². The van der Waals surface area contributed by atoms with E-state index in [0.29, 0.717) is 11.1 Å². The summed E-state index contributed by atoms with van der Waals surface area (Å²) < 4.78 is 39.2. The van der Waals surface area contributed by atoms with Gasteiger partial charge in [0.05, 0.1) is 11.5 Å². The van der Waals surface area contributed by atoms with E-state index in [4.69, 9.17) is 15.2 Å².